The first-order valence-corrected chi connectivity index (χ1v) is 6.48. The third-order valence-corrected chi connectivity index (χ3v) is 2.87. The Balaban J connectivity index is 2.12. The molecule has 106 valence electrons. The summed E-state index contributed by atoms with van der Waals surface area (Å²) in [6, 6.07) is 7.59. The van der Waals surface area contributed by atoms with Crippen LogP contribution in [0.15, 0.2) is 24.3 Å². The molecule has 1 aromatic carbocycles. The Morgan fingerprint density at radius 1 is 1.35 bits per heavy atom. The molecule has 2 rings (SSSR count). The monoisotopic (exact) mass is 273 g/mol. The van der Waals surface area contributed by atoms with Crippen molar-refractivity contribution < 1.29 is 4.79 Å². The lowest BCUT2D eigenvalue weighted by Crippen LogP contribution is -2.15. The molecule has 1 amide bonds. The number of nitrogens with one attached hydrogen (secondary N) is 2. The minimum absolute atomic E-state index is 0.156. The Morgan fingerprint density at radius 2 is 2.10 bits per heavy atom. The number of anilines is 2. The Morgan fingerprint density at radius 3 is 2.70 bits per heavy atom. The van der Waals surface area contributed by atoms with Gasteiger partial charge >= 0.3 is 0 Å². The second-order valence-corrected chi connectivity index (χ2v) is 5.10. The van der Waals surface area contributed by atoms with Gasteiger partial charge in [0, 0.05) is 31.4 Å². The SMILES string of the molecule is CC(C)c1nc(C(=O)Nc2cccc(N(C)C)c2)n[nH]1. The maximum atomic E-state index is 12.1. The van der Waals surface area contributed by atoms with Crippen molar-refractivity contribution in [1.29, 1.82) is 0 Å². The van der Waals surface area contributed by atoms with Gasteiger partial charge in [-0.25, -0.2) is 4.98 Å². The van der Waals surface area contributed by atoms with Crippen molar-refractivity contribution in [2.75, 3.05) is 24.3 Å². The topological polar surface area (TPSA) is 73.9 Å². The third-order valence-electron chi connectivity index (χ3n) is 2.87. The lowest BCUT2D eigenvalue weighted by molar-refractivity contribution is 0.101. The van der Waals surface area contributed by atoms with E-state index in [1.807, 2.05) is 57.1 Å². The molecule has 0 bridgehead atoms. The van der Waals surface area contributed by atoms with Crippen molar-refractivity contribution in [3.8, 4) is 0 Å². The standard InChI is InChI=1S/C14H19N5O/c1-9(2)12-16-13(18-17-12)14(20)15-10-6-5-7-11(8-10)19(3)4/h5-9H,1-4H3,(H,15,20)(H,16,17,18). The fraction of sp³-hybridized carbons (Fsp3) is 0.357. The molecule has 1 heterocycles. The third kappa shape index (κ3) is 3.14. The summed E-state index contributed by atoms with van der Waals surface area (Å²) in [6.45, 7) is 3.98. The first-order valence-electron chi connectivity index (χ1n) is 6.48. The van der Waals surface area contributed by atoms with E-state index in [1.165, 1.54) is 0 Å². The lowest BCUT2D eigenvalue weighted by Gasteiger charge is -2.13. The van der Waals surface area contributed by atoms with E-state index >= 15 is 0 Å². The van der Waals surface area contributed by atoms with Gasteiger partial charge in [0.25, 0.3) is 5.91 Å². The summed E-state index contributed by atoms with van der Waals surface area (Å²) >= 11 is 0. The zero-order chi connectivity index (χ0) is 14.7. The van der Waals surface area contributed by atoms with Gasteiger partial charge in [-0.3, -0.25) is 9.89 Å². The van der Waals surface area contributed by atoms with Crippen LogP contribution in [-0.2, 0) is 0 Å². The Labute approximate surface area is 118 Å². The maximum absolute atomic E-state index is 12.1. The first kappa shape index (κ1) is 14.0. The fourth-order valence-corrected chi connectivity index (χ4v) is 1.68. The molecule has 0 aliphatic carbocycles. The smallest absolute Gasteiger partial charge is 0.295 e. The molecule has 0 spiro atoms. The molecule has 0 atom stereocenters. The molecule has 0 aliphatic rings. The van der Waals surface area contributed by atoms with E-state index in [0.29, 0.717) is 5.82 Å². The average Bonchev–Trinajstić information content (AvgIpc) is 2.88. The molecule has 1 aromatic heterocycles. The largest absolute Gasteiger partial charge is 0.378 e. The highest BCUT2D eigenvalue weighted by molar-refractivity contribution is 6.01. The number of hydrogen-bond donors (Lipinski definition) is 2. The van der Waals surface area contributed by atoms with Gasteiger partial charge in [-0.05, 0) is 18.2 Å². The summed E-state index contributed by atoms with van der Waals surface area (Å²) in [5.41, 5.74) is 1.73. The van der Waals surface area contributed by atoms with Gasteiger partial charge in [-0.15, -0.1) is 5.10 Å². The number of benzene rings is 1. The minimum atomic E-state index is -0.316. The van der Waals surface area contributed by atoms with Crippen LogP contribution < -0.4 is 10.2 Å². The van der Waals surface area contributed by atoms with Gasteiger partial charge in [0.1, 0.15) is 5.82 Å². The molecule has 2 N–H and O–H groups in total. The molecule has 0 unspecified atom stereocenters. The van der Waals surface area contributed by atoms with Crippen LogP contribution in [0.4, 0.5) is 11.4 Å². The zero-order valence-corrected chi connectivity index (χ0v) is 12.1. The number of aromatic nitrogens is 3. The van der Waals surface area contributed by atoms with E-state index in [4.69, 9.17) is 0 Å². The fourth-order valence-electron chi connectivity index (χ4n) is 1.68. The summed E-state index contributed by atoms with van der Waals surface area (Å²) in [5, 5.41) is 9.50. The highest BCUT2D eigenvalue weighted by atomic mass is 16.2. The van der Waals surface area contributed by atoms with Crippen LogP contribution in [0.2, 0.25) is 0 Å². The normalized spacial score (nSPS) is 10.7. The Bertz CT molecular complexity index is 603. The highest BCUT2D eigenvalue weighted by Crippen LogP contribution is 2.17. The predicted molar refractivity (Wildman–Crippen MR) is 79.2 cm³/mol. The molecule has 0 aliphatic heterocycles. The van der Waals surface area contributed by atoms with Crippen molar-refractivity contribution in [2.24, 2.45) is 0 Å². The summed E-state index contributed by atoms with van der Waals surface area (Å²) in [4.78, 5) is 18.2. The summed E-state index contributed by atoms with van der Waals surface area (Å²) in [6.07, 6.45) is 0. The van der Waals surface area contributed by atoms with Gasteiger partial charge in [0.05, 0.1) is 0 Å². The van der Waals surface area contributed by atoms with Crippen molar-refractivity contribution >= 4 is 17.3 Å². The van der Waals surface area contributed by atoms with E-state index in [1.54, 1.807) is 0 Å². The minimum Gasteiger partial charge on any atom is -0.378 e. The highest BCUT2D eigenvalue weighted by Gasteiger charge is 2.14. The Kier molecular flexibility index (Phi) is 4.02. The molecule has 6 heteroatoms. The van der Waals surface area contributed by atoms with E-state index in [2.05, 4.69) is 20.5 Å². The van der Waals surface area contributed by atoms with E-state index in [-0.39, 0.29) is 17.6 Å². The molecule has 6 nitrogen and oxygen atoms in total. The molecule has 20 heavy (non-hydrogen) atoms. The van der Waals surface area contributed by atoms with Crippen LogP contribution in [0.1, 0.15) is 36.2 Å². The van der Waals surface area contributed by atoms with Crippen LogP contribution in [-0.4, -0.2) is 35.2 Å². The van der Waals surface area contributed by atoms with Gasteiger partial charge in [0.15, 0.2) is 0 Å². The number of hydrogen-bond acceptors (Lipinski definition) is 4. The summed E-state index contributed by atoms with van der Waals surface area (Å²) in [5.74, 6) is 0.756. The van der Waals surface area contributed by atoms with Gasteiger partial charge in [-0.1, -0.05) is 19.9 Å². The van der Waals surface area contributed by atoms with Crippen LogP contribution in [0, 0.1) is 0 Å². The number of carbonyl (C=O) groups excluding carboxylic acids is 1. The number of carbonyl (C=O) groups is 1. The van der Waals surface area contributed by atoms with Gasteiger partial charge < -0.3 is 10.2 Å². The predicted octanol–water partition coefficient (Wildman–Crippen LogP) is 2.25. The summed E-state index contributed by atoms with van der Waals surface area (Å²) < 4.78 is 0. The molecule has 0 fully saturated rings. The van der Waals surface area contributed by atoms with Crippen LogP contribution in [0.5, 0.6) is 0 Å². The maximum Gasteiger partial charge on any atom is 0.295 e. The summed E-state index contributed by atoms with van der Waals surface area (Å²) in [7, 11) is 3.90. The number of nitrogens with zero attached hydrogens (tertiary/aromatic N) is 3. The van der Waals surface area contributed by atoms with Crippen molar-refractivity contribution in [3.05, 3.63) is 35.9 Å². The average molecular weight is 273 g/mol. The number of amides is 1. The second kappa shape index (κ2) is 5.73. The number of rotatable bonds is 4. The molecule has 2 aromatic rings. The lowest BCUT2D eigenvalue weighted by atomic mass is 10.2. The molecular weight excluding hydrogens is 254 g/mol. The van der Waals surface area contributed by atoms with E-state index in [9.17, 15) is 4.79 Å². The number of aromatic amines is 1. The van der Waals surface area contributed by atoms with Crippen molar-refractivity contribution in [1.82, 2.24) is 15.2 Å². The van der Waals surface area contributed by atoms with Crippen LogP contribution in [0.3, 0.4) is 0 Å². The van der Waals surface area contributed by atoms with E-state index < -0.39 is 0 Å². The molecular formula is C14H19N5O. The van der Waals surface area contributed by atoms with Gasteiger partial charge in [-0.2, -0.15) is 0 Å². The molecule has 0 radical (unpaired) electrons. The quantitative estimate of drug-likeness (QED) is 0.896. The zero-order valence-electron chi connectivity index (χ0n) is 12.1. The van der Waals surface area contributed by atoms with Crippen LogP contribution >= 0.6 is 0 Å². The van der Waals surface area contributed by atoms with Crippen LogP contribution in [0.25, 0.3) is 0 Å². The molecule has 0 saturated carbocycles. The van der Waals surface area contributed by atoms with E-state index in [0.717, 1.165) is 11.4 Å². The molecule has 0 saturated heterocycles. The Hall–Kier alpha value is -2.37. The number of H-pyrrole nitrogens is 1. The van der Waals surface area contributed by atoms with Crippen molar-refractivity contribution in [2.45, 2.75) is 19.8 Å². The van der Waals surface area contributed by atoms with Crippen molar-refractivity contribution in [3.63, 3.8) is 0 Å². The van der Waals surface area contributed by atoms with Gasteiger partial charge in [0.2, 0.25) is 5.82 Å². The second-order valence-electron chi connectivity index (χ2n) is 5.10. The first-order chi connectivity index (χ1) is 9.47.